The van der Waals surface area contributed by atoms with Gasteiger partial charge in [-0.1, -0.05) is 32.4 Å². The van der Waals surface area contributed by atoms with Gasteiger partial charge in [-0.2, -0.15) is 5.10 Å². The van der Waals surface area contributed by atoms with Crippen LogP contribution in [0.1, 0.15) is 52.9 Å². The fraction of sp³-hybridized carbons (Fsp3) is 0.444. The van der Waals surface area contributed by atoms with E-state index in [2.05, 4.69) is 31.3 Å². The topological polar surface area (TPSA) is 41.5 Å². The molecular formula is C18H21ClN2OS2. The van der Waals surface area contributed by atoms with Crippen molar-refractivity contribution in [1.82, 2.24) is 5.43 Å². The fourth-order valence-corrected chi connectivity index (χ4v) is 5.15. The SMILES string of the molecule is CC(C)(C)[C@@H]1CCc2c(C(=O)N/N=C\c3ccc(Cl)s3)csc2C1. The average molecular weight is 381 g/mol. The highest BCUT2D eigenvalue weighted by Crippen LogP contribution is 2.40. The van der Waals surface area contributed by atoms with Gasteiger partial charge in [0.05, 0.1) is 16.1 Å². The minimum atomic E-state index is -0.124. The molecule has 128 valence electrons. The normalized spacial score (nSPS) is 17.9. The summed E-state index contributed by atoms with van der Waals surface area (Å²) in [6, 6.07) is 3.69. The van der Waals surface area contributed by atoms with Crippen LogP contribution in [0.4, 0.5) is 0 Å². The summed E-state index contributed by atoms with van der Waals surface area (Å²) in [5, 5.41) is 6.02. The van der Waals surface area contributed by atoms with Crippen molar-refractivity contribution in [3.05, 3.63) is 42.7 Å². The summed E-state index contributed by atoms with van der Waals surface area (Å²) in [4.78, 5) is 14.7. The second kappa shape index (κ2) is 6.98. The van der Waals surface area contributed by atoms with Crippen molar-refractivity contribution in [2.75, 3.05) is 0 Å². The third-order valence-electron chi connectivity index (χ3n) is 4.58. The van der Waals surface area contributed by atoms with E-state index in [9.17, 15) is 4.79 Å². The number of hydrazone groups is 1. The summed E-state index contributed by atoms with van der Waals surface area (Å²) in [7, 11) is 0. The number of carbonyl (C=O) groups excluding carboxylic acids is 1. The van der Waals surface area contributed by atoms with Crippen LogP contribution in [-0.4, -0.2) is 12.1 Å². The molecule has 1 N–H and O–H groups in total. The van der Waals surface area contributed by atoms with Crippen LogP contribution in [0.25, 0.3) is 0 Å². The lowest BCUT2D eigenvalue weighted by molar-refractivity contribution is 0.0954. The lowest BCUT2D eigenvalue weighted by Gasteiger charge is -2.33. The quantitative estimate of drug-likeness (QED) is 0.563. The number of nitrogens with one attached hydrogen (secondary N) is 1. The predicted octanol–water partition coefficient (Wildman–Crippen LogP) is 5.38. The van der Waals surface area contributed by atoms with E-state index in [0.717, 1.165) is 29.7 Å². The Hall–Kier alpha value is -1.17. The van der Waals surface area contributed by atoms with Crippen molar-refractivity contribution in [2.24, 2.45) is 16.4 Å². The Labute approximate surface area is 155 Å². The van der Waals surface area contributed by atoms with Gasteiger partial charge in [-0.15, -0.1) is 22.7 Å². The molecule has 1 amide bonds. The first-order valence-electron chi connectivity index (χ1n) is 8.02. The summed E-state index contributed by atoms with van der Waals surface area (Å²) in [6.07, 6.45) is 4.83. The van der Waals surface area contributed by atoms with E-state index in [1.165, 1.54) is 21.8 Å². The number of halogens is 1. The van der Waals surface area contributed by atoms with E-state index in [1.807, 2.05) is 17.5 Å². The molecule has 0 spiro atoms. The van der Waals surface area contributed by atoms with Gasteiger partial charge in [0.15, 0.2) is 0 Å². The molecule has 24 heavy (non-hydrogen) atoms. The Balaban J connectivity index is 1.67. The molecule has 6 heteroatoms. The molecule has 3 rings (SSSR count). The summed E-state index contributed by atoms with van der Waals surface area (Å²) in [5.74, 6) is 0.557. The molecule has 1 aliphatic carbocycles. The molecule has 0 unspecified atom stereocenters. The second-order valence-corrected chi connectivity index (χ2v) is 9.91. The third-order valence-corrected chi connectivity index (χ3v) is 6.79. The molecule has 3 nitrogen and oxygen atoms in total. The van der Waals surface area contributed by atoms with Crippen LogP contribution in [0.15, 0.2) is 22.6 Å². The van der Waals surface area contributed by atoms with Crippen molar-refractivity contribution in [3.8, 4) is 0 Å². The molecule has 1 aliphatic rings. The van der Waals surface area contributed by atoms with Gasteiger partial charge in [-0.25, -0.2) is 5.43 Å². The van der Waals surface area contributed by atoms with Gasteiger partial charge in [0.25, 0.3) is 5.91 Å². The van der Waals surface area contributed by atoms with E-state index >= 15 is 0 Å². The molecule has 2 aromatic rings. The Morgan fingerprint density at radius 1 is 1.42 bits per heavy atom. The van der Waals surface area contributed by atoms with Crippen LogP contribution < -0.4 is 5.43 Å². The molecule has 0 fully saturated rings. The van der Waals surface area contributed by atoms with Crippen LogP contribution >= 0.6 is 34.3 Å². The van der Waals surface area contributed by atoms with E-state index in [4.69, 9.17) is 11.6 Å². The molecule has 0 aliphatic heterocycles. The van der Waals surface area contributed by atoms with E-state index in [0.29, 0.717) is 15.7 Å². The van der Waals surface area contributed by atoms with Gasteiger partial charge in [-0.3, -0.25) is 4.79 Å². The maximum Gasteiger partial charge on any atom is 0.272 e. The van der Waals surface area contributed by atoms with Crippen LogP contribution in [0.2, 0.25) is 4.34 Å². The molecule has 1 atom stereocenters. The lowest BCUT2D eigenvalue weighted by Crippen LogP contribution is -2.27. The summed E-state index contributed by atoms with van der Waals surface area (Å²) >= 11 is 9.01. The first-order chi connectivity index (χ1) is 11.3. The zero-order valence-corrected chi connectivity index (χ0v) is 16.4. The Bertz CT molecular complexity index is 770. The molecular weight excluding hydrogens is 360 g/mol. The summed E-state index contributed by atoms with van der Waals surface area (Å²) in [5.41, 5.74) is 4.95. The van der Waals surface area contributed by atoms with Crippen LogP contribution in [0.5, 0.6) is 0 Å². The van der Waals surface area contributed by atoms with Gasteiger partial charge < -0.3 is 0 Å². The van der Waals surface area contributed by atoms with Gasteiger partial charge in [0.2, 0.25) is 0 Å². The first-order valence-corrected chi connectivity index (χ1v) is 10.1. The molecule has 0 aromatic carbocycles. The van der Waals surface area contributed by atoms with Gasteiger partial charge in [0, 0.05) is 15.1 Å². The van der Waals surface area contributed by atoms with E-state index < -0.39 is 0 Å². The maximum atomic E-state index is 12.4. The van der Waals surface area contributed by atoms with E-state index in [-0.39, 0.29) is 5.91 Å². The van der Waals surface area contributed by atoms with E-state index in [1.54, 1.807) is 17.6 Å². The van der Waals surface area contributed by atoms with Crippen molar-refractivity contribution < 1.29 is 4.79 Å². The van der Waals surface area contributed by atoms with Crippen LogP contribution in [0, 0.1) is 11.3 Å². The number of amides is 1. The van der Waals surface area contributed by atoms with Crippen molar-refractivity contribution in [3.63, 3.8) is 0 Å². The van der Waals surface area contributed by atoms with Crippen LogP contribution in [0.3, 0.4) is 0 Å². The minimum absolute atomic E-state index is 0.124. The molecule has 0 saturated heterocycles. The first kappa shape index (κ1) is 17.6. The minimum Gasteiger partial charge on any atom is -0.267 e. The Morgan fingerprint density at radius 2 is 2.21 bits per heavy atom. The molecule has 0 bridgehead atoms. The van der Waals surface area contributed by atoms with Gasteiger partial charge in [0.1, 0.15) is 0 Å². The van der Waals surface area contributed by atoms with Gasteiger partial charge in [-0.05, 0) is 48.3 Å². The van der Waals surface area contributed by atoms with Gasteiger partial charge >= 0.3 is 0 Å². The summed E-state index contributed by atoms with van der Waals surface area (Å²) < 4.78 is 0.711. The van der Waals surface area contributed by atoms with Crippen molar-refractivity contribution in [1.29, 1.82) is 0 Å². The largest absolute Gasteiger partial charge is 0.272 e. The number of hydrogen-bond acceptors (Lipinski definition) is 4. The number of rotatable bonds is 3. The smallest absolute Gasteiger partial charge is 0.267 e. The molecule has 2 aromatic heterocycles. The third kappa shape index (κ3) is 3.90. The van der Waals surface area contributed by atoms with Crippen LogP contribution in [-0.2, 0) is 12.8 Å². The predicted molar refractivity (Wildman–Crippen MR) is 104 cm³/mol. The number of thiophene rings is 2. The highest BCUT2D eigenvalue weighted by Gasteiger charge is 2.31. The maximum absolute atomic E-state index is 12.4. The average Bonchev–Trinajstić information content (AvgIpc) is 3.11. The zero-order valence-electron chi connectivity index (χ0n) is 14.1. The second-order valence-electron chi connectivity index (χ2n) is 7.20. The lowest BCUT2D eigenvalue weighted by atomic mass is 9.72. The Kier molecular flexibility index (Phi) is 5.13. The number of fused-ring (bicyclic) bond motifs is 1. The standard InChI is InChI=1S/C18H21ClN2OS2/c1-18(2,3)11-4-6-13-14(10-23-15(13)8-11)17(22)21-20-9-12-5-7-16(19)24-12/h5,7,9-11H,4,6,8H2,1-3H3,(H,21,22)/b20-9-/t11-/m1/s1. The fourth-order valence-electron chi connectivity index (χ4n) is 3.05. The highest BCUT2D eigenvalue weighted by atomic mass is 35.5. The number of carbonyl (C=O) groups is 1. The van der Waals surface area contributed by atoms with Crippen molar-refractivity contribution in [2.45, 2.75) is 40.0 Å². The monoisotopic (exact) mass is 380 g/mol. The van der Waals surface area contributed by atoms with Crippen molar-refractivity contribution >= 4 is 46.4 Å². The highest BCUT2D eigenvalue weighted by molar-refractivity contribution is 7.17. The molecule has 2 heterocycles. The number of nitrogens with zero attached hydrogens (tertiary/aromatic N) is 1. The molecule has 0 saturated carbocycles. The molecule has 0 radical (unpaired) electrons. The summed E-state index contributed by atoms with van der Waals surface area (Å²) in [6.45, 7) is 6.90. The Morgan fingerprint density at radius 3 is 2.88 bits per heavy atom. The zero-order chi connectivity index (χ0) is 17.3. The number of hydrogen-bond donors (Lipinski definition) is 1.